The molecule has 0 fully saturated rings. The van der Waals surface area contributed by atoms with Gasteiger partial charge in [0.25, 0.3) is 0 Å². The molecule has 4 heteroatoms. The summed E-state index contributed by atoms with van der Waals surface area (Å²) in [7, 11) is 0. The lowest BCUT2D eigenvalue weighted by Crippen LogP contribution is -1.99. The van der Waals surface area contributed by atoms with E-state index in [-0.39, 0.29) is 5.56 Å². The summed E-state index contributed by atoms with van der Waals surface area (Å²) in [5.41, 5.74) is 6.56. The Morgan fingerprint density at radius 3 is 2.41 bits per heavy atom. The first-order chi connectivity index (χ1) is 8.16. The smallest absolute Gasteiger partial charge is 0.129 e. The molecule has 0 aliphatic heterocycles. The minimum atomic E-state index is -0.507. The summed E-state index contributed by atoms with van der Waals surface area (Å²) in [5.74, 6) is -0.601. The van der Waals surface area contributed by atoms with E-state index in [9.17, 15) is 8.78 Å². The molecule has 88 valence electrons. The van der Waals surface area contributed by atoms with Crippen LogP contribution in [0.1, 0.15) is 11.1 Å². The van der Waals surface area contributed by atoms with Gasteiger partial charge in [-0.1, -0.05) is 6.07 Å². The van der Waals surface area contributed by atoms with Crippen LogP contribution in [-0.2, 0) is 12.8 Å². The van der Waals surface area contributed by atoms with Crippen LogP contribution in [0, 0.1) is 11.6 Å². The van der Waals surface area contributed by atoms with E-state index in [1.165, 1.54) is 18.2 Å². The minimum absolute atomic E-state index is 0.114. The molecule has 2 rings (SSSR count). The van der Waals surface area contributed by atoms with Crippen molar-refractivity contribution in [3.8, 4) is 0 Å². The molecule has 2 aromatic rings. The van der Waals surface area contributed by atoms with Gasteiger partial charge in [0.1, 0.15) is 17.5 Å². The number of rotatable bonds is 3. The Bertz CT molecular complexity index is 506. The summed E-state index contributed by atoms with van der Waals surface area (Å²) in [4.78, 5) is 3.86. The second-order valence-corrected chi connectivity index (χ2v) is 3.79. The fourth-order valence-electron chi connectivity index (χ4n) is 1.69. The maximum absolute atomic E-state index is 13.4. The number of anilines is 1. The molecule has 0 amide bonds. The number of pyridine rings is 1. The van der Waals surface area contributed by atoms with Crippen molar-refractivity contribution in [3.63, 3.8) is 0 Å². The van der Waals surface area contributed by atoms with Gasteiger partial charge in [-0.05, 0) is 42.7 Å². The third kappa shape index (κ3) is 2.78. The molecular formula is C13H12F2N2. The topological polar surface area (TPSA) is 38.9 Å². The van der Waals surface area contributed by atoms with Crippen LogP contribution in [0.15, 0.2) is 36.5 Å². The Morgan fingerprint density at radius 2 is 1.76 bits per heavy atom. The van der Waals surface area contributed by atoms with E-state index >= 15 is 0 Å². The number of hydrogen-bond acceptors (Lipinski definition) is 2. The number of benzene rings is 1. The van der Waals surface area contributed by atoms with Crippen LogP contribution in [0.5, 0.6) is 0 Å². The molecule has 0 spiro atoms. The van der Waals surface area contributed by atoms with Crippen molar-refractivity contribution in [2.75, 3.05) is 5.73 Å². The molecular weight excluding hydrogens is 222 g/mol. The average Bonchev–Trinajstić information content (AvgIpc) is 2.28. The van der Waals surface area contributed by atoms with Gasteiger partial charge >= 0.3 is 0 Å². The van der Waals surface area contributed by atoms with E-state index in [1.54, 1.807) is 18.3 Å². The predicted octanol–water partition coefficient (Wildman–Crippen LogP) is 2.73. The van der Waals surface area contributed by atoms with Gasteiger partial charge < -0.3 is 5.73 Å². The summed E-state index contributed by atoms with van der Waals surface area (Å²) in [6.07, 6.45) is 2.43. The minimum Gasteiger partial charge on any atom is -0.384 e. The monoisotopic (exact) mass is 234 g/mol. The molecule has 0 saturated carbocycles. The lowest BCUT2D eigenvalue weighted by molar-refractivity contribution is 0.554. The van der Waals surface area contributed by atoms with Crippen LogP contribution < -0.4 is 5.73 Å². The van der Waals surface area contributed by atoms with Crippen molar-refractivity contribution in [1.82, 2.24) is 4.98 Å². The van der Waals surface area contributed by atoms with Gasteiger partial charge in [0.05, 0.1) is 0 Å². The third-order valence-corrected chi connectivity index (χ3v) is 2.57. The summed E-state index contributed by atoms with van der Waals surface area (Å²) in [6.45, 7) is 0. The van der Waals surface area contributed by atoms with Crippen LogP contribution in [-0.4, -0.2) is 4.98 Å². The van der Waals surface area contributed by atoms with Crippen LogP contribution in [0.4, 0.5) is 14.6 Å². The zero-order valence-electron chi connectivity index (χ0n) is 9.16. The van der Waals surface area contributed by atoms with Crippen LogP contribution >= 0.6 is 0 Å². The molecule has 0 radical (unpaired) electrons. The zero-order valence-corrected chi connectivity index (χ0v) is 9.16. The second kappa shape index (κ2) is 4.91. The van der Waals surface area contributed by atoms with Crippen molar-refractivity contribution in [3.05, 3.63) is 59.3 Å². The Kier molecular flexibility index (Phi) is 3.32. The Balaban J connectivity index is 2.13. The van der Waals surface area contributed by atoms with Crippen molar-refractivity contribution in [2.45, 2.75) is 12.8 Å². The number of nitrogens with two attached hydrogens (primary N) is 1. The third-order valence-electron chi connectivity index (χ3n) is 2.57. The molecule has 2 nitrogen and oxygen atoms in total. The lowest BCUT2D eigenvalue weighted by atomic mass is 10.0. The number of halogens is 2. The van der Waals surface area contributed by atoms with Crippen LogP contribution in [0.25, 0.3) is 0 Å². The van der Waals surface area contributed by atoms with Gasteiger partial charge in [-0.15, -0.1) is 0 Å². The van der Waals surface area contributed by atoms with E-state index in [2.05, 4.69) is 4.98 Å². The molecule has 0 bridgehead atoms. The normalized spacial score (nSPS) is 10.5. The van der Waals surface area contributed by atoms with Gasteiger partial charge in [-0.3, -0.25) is 0 Å². The maximum Gasteiger partial charge on any atom is 0.129 e. The second-order valence-electron chi connectivity index (χ2n) is 3.79. The van der Waals surface area contributed by atoms with E-state index in [4.69, 9.17) is 5.73 Å². The highest BCUT2D eigenvalue weighted by atomic mass is 19.1. The molecule has 17 heavy (non-hydrogen) atoms. The SMILES string of the molecule is Nc1cc(CCc2c(F)cccc2F)ccn1. The quantitative estimate of drug-likeness (QED) is 0.886. The predicted molar refractivity (Wildman–Crippen MR) is 62.4 cm³/mol. The number of aromatic nitrogens is 1. The number of hydrogen-bond donors (Lipinski definition) is 1. The Labute approximate surface area is 98.1 Å². The van der Waals surface area contributed by atoms with E-state index in [1.807, 2.05) is 0 Å². The molecule has 0 aliphatic carbocycles. The standard InChI is InChI=1S/C13H12F2N2/c14-11-2-1-3-12(15)10(11)5-4-9-6-7-17-13(16)8-9/h1-3,6-8H,4-5H2,(H2,16,17). The summed E-state index contributed by atoms with van der Waals surface area (Å²) >= 11 is 0. The highest BCUT2D eigenvalue weighted by Gasteiger charge is 2.08. The van der Waals surface area contributed by atoms with E-state index < -0.39 is 11.6 Å². The Hall–Kier alpha value is -1.97. The first-order valence-electron chi connectivity index (χ1n) is 5.30. The van der Waals surface area contributed by atoms with Crippen molar-refractivity contribution >= 4 is 5.82 Å². The van der Waals surface area contributed by atoms with Crippen LogP contribution in [0.3, 0.4) is 0 Å². The first-order valence-corrected chi connectivity index (χ1v) is 5.30. The van der Waals surface area contributed by atoms with Gasteiger partial charge in [0.15, 0.2) is 0 Å². The molecule has 1 aromatic carbocycles. The largest absolute Gasteiger partial charge is 0.384 e. The van der Waals surface area contributed by atoms with Crippen LogP contribution in [0.2, 0.25) is 0 Å². The fourth-order valence-corrected chi connectivity index (χ4v) is 1.69. The van der Waals surface area contributed by atoms with E-state index in [0.717, 1.165) is 5.56 Å². The van der Waals surface area contributed by atoms with Crippen molar-refractivity contribution < 1.29 is 8.78 Å². The molecule has 0 saturated heterocycles. The maximum atomic E-state index is 13.4. The highest BCUT2D eigenvalue weighted by molar-refractivity contribution is 5.32. The molecule has 1 heterocycles. The molecule has 0 aliphatic rings. The van der Waals surface area contributed by atoms with Gasteiger partial charge in [-0.25, -0.2) is 13.8 Å². The number of nitrogen functional groups attached to an aromatic ring is 1. The summed E-state index contributed by atoms with van der Waals surface area (Å²) in [5, 5.41) is 0. The average molecular weight is 234 g/mol. The van der Waals surface area contributed by atoms with Gasteiger partial charge in [-0.2, -0.15) is 0 Å². The molecule has 1 aromatic heterocycles. The first kappa shape index (κ1) is 11.5. The zero-order chi connectivity index (χ0) is 12.3. The van der Waals surface area contributed by atoms with Gasteiger partial charge in [0, 0.05) is 11.8 Å². The summed E-state index contributed by atoms with van der Waals surface area (Å²) in [6, 6.07) is 7.38. The van der Waals surface area contributed by atoms with Crippen molar-refractivity contribution in [2.24, 2.45) is 0 Å². The Morgan fingerprint density at radius 1 is 1.06 bits per heavy atom. The molecule has 2 N–H and O–H groups in total. The summed E-state index contributed by atoms with van der Waals surface area (Å²) < 4.78 is 26.7. The number of nitrogens with zero attached hydrogens (tertiary/aromatic N) is 1. The highest BCUT2D eigenvalue weighted by Crippen LogP contribution is 2.15. The molecule has 0 unspecified atom stereocenters. The number of aryl methyl sites for hydroxylation is 1. The fraction of sp³-hybridized carbons (Fsp3) is 0.154. The van der Waals surface area contributed by atoms with E-state index in [0.29, 0.717) is 18.7 Å². The van der Waals surface area contributed by atoms with Gasteiger partial charge in [0.2, 0.25) is 0 Å². The van der Waals surface area contributed by atoms with Crippen molar-refractivity contribution in [1.29, 1.82) is 0 Å². The lowest BCUT2D eigenvalue weighted by Gasteiger charge is -2.05. The molecule has 0 atom stereocenters.